The highest BCUT2D eigenvalue weighted by Crippen LogP contribution is 2.22. The average molecular weight is 394 g/mol. The van der Waals surface area contributed by atoms with E-state index >= 15 is 0 Å². The molecule has 0 unspecified atom stereocenters. The Balaban J connectivity index is 1.33. The highest BCUT2D eigenvalue weighted by Gasteiger charge is 2.30. The Morgan fingerprint density at radius 3 is 2.31 bits per heavy atom. The molecule has 2 aliphatic rings. The second-order valence-electron chi connectivity index (χ2n) is 7.40. The van der Waals surface area contributed by atoms with Crippen molar-refractivity contribution in [1.29, 1.82) is 0 Å². The average Bonchev–Trinajstić information content (AvgIpc) is 3.27. The van der Waals surface area contributed by atoms with E-state index in [-0.39, 0.29) is 17.9 Å². The Labute approximate surface area is 171 Å². The van der Waals surface area contributed by atoms with Gasteiger partial charge in [-0.15, -0.1) is 0 Å². The van der Waals surface area contributed by atoms with Gasteiger partial charge in [0.2, 0.25) is 0 Å². The summed E-state index contributed by atoms with van der Waals surface area (Å²) < 4.78 is 11.2. The van der Waals surface area contributed by atoms with Crippen LogP contribution in [0.5, 0.6) is 5.75 Å². The molecule has 0 aromatic heterocycles. The van der Waals surface area contributed by atoms with E-state index in [9.17, 15) is 9.59 Å². The van der Waals surface area contributed by atoms with Crippen molar-refractivity contribution in [2.75, 3.05) is 39.5 Å². The van der Waals surface area contributed by atoms with Crippen LogP contribution in [0.15, 0.2) is 54.6 Å². The molecular weight excluding hydrogens is 368 g/mol. The summed E-state index contributed by atoms with van der Waals surface area (Å²) >= 11 is 0. The van der Waals surface area contributed by atoms with Crippen LogP contribution >= 0.6 is 0 Å². The predicted octanol–water partition coefficient (Wildman–Crippen LogP) is 2.84. The fraction of sp³-hybridized carbons (Fsp3) is 0.391. The van der Waals surface area contributed by atoms with Gasteiger partial charge in [0.15, 0.2) is 0 Å². The predicted molar refractivity (Wildman–Crippen MR) is 109 cm³/mol. The summed E-state index contributed by atoms with van der Waals surface area (Å²) in [5.41, 5.74) is 1.37. The zero-order valence-corrected chi connectivity index (χ0v) is 16.5. The standard InChI is InChI=1S/C23H26N2O4/c26-22(24-13-15-28-16-14-24)19-8-10-21(11-9-19)29-17-20-7-4-12-25(20)23(27)18-5-2-1-3-6-18/h1-3,5-6,8-11,20H,4,7,12-17H2/t20-/m0/s1. The van der Waals surface area contributed by atoms with Crippen molar-refractivity contribution in [3.05, 3.63) is 65.7 Å². The first-order valence-corrected chi connectivity index (χ1v) is 10.2. The lowest BCUT2D eigenvalue weighted by molar-refractivity contribution is 0.0303. The van der Waals surface area contributed by atoms with E-state index in [0.29, 0.717) is 49.8 Å². The molecule has 2 aliphatic heterocycles. The normalized spacial score (nSPS) is 19.2. The number of benzene rings is 2. The number of hydrogen-bond acceptors (Lipinski definition) is 4. The molecule has 0 spiro atoms. The molecule has 1 atom stereocenters. The summed E-state index contributed by atoms with van der Waals surface area (Å²) in [5, 5.41) is 0. The number of carbonyl (C=O) groups excluding carboxylic acids is 2. The molecular formula is C23H26N2O4. The molecule has 2 aromatic rings. The zero-order valence-electron chi connectivity index (χ0n) is 16.5. The van der Waals surface area contributed by atoms with Gasteiger partial charge in [-0.1, -0.05) is 18.2 Å². The maximum atomic E-state index is 12.8. The van der Waals surface area contributed by atoms with Crippen molar-refractivity contribution in [3.63, 3.8) is 0 Å². The lowest BCUT2D eigenvalue weighted by atomic mass is 10.1. The van der Waals surface area contributed by atoms with Crippen LogP contribution in [0.1, 0.15) is 33.6 Å². The Hall–Kier alpha value is -2.86. The van der Waals surface area contributed by atoms with Crippen LogP contribution in [0.4, 0.5) is 0 Å². The highest BCUT2D eigenvalue weighted by atomic mass is 16.5. The summed E-state index contributed by atoms with van der Waals surface area (Å²) in [5.74, 6) is 0.793. The minimum absolute atomic E-state index is 0.0234. The second kappa shape index (κ2) is 9.09. The van der Waals surface area contributed by atoms with Crippen molar-refractivity contribution < 1.29 is 19.1 Å². The number of likely N-dealkylation sites (tertiary alicyclic amines) is 1. The van der Waals surface area contributed by atoms with E-state index in [0.717, 1.165) is 19.4 Å². The van der Waals surface area contributed by atoms with Crippen molar-refractivity contribution in [3.8, 4) is 5.75 Å². The van der Waals surface area contributed by atoms with Crippen LogP contribution in [-0.4, -0.2) is 67.1 Å². The van der Waals surface area contributed by atoms with Crippen LogP contribution < -0.4 is 4.74 Å². The Morgan fingerprint density at radius 1 is 0.897 bits per heavy atom. The second-order valence-corrected chi connectivity index (χ2v) is 7.40. The van der Waals surface area contributed by atoms with E-state index in [1.165, 1.54) is 0 Å². The van der Waals surface area contributed by atoms with Gasteiger partial charge in [-0.05, 0) is 49.2 Å². The molecule has 6 heteroatoms. The lowest BCUT2D eigenvalue weighted by Crippen LogP contribution is -2.40. The third kappa shape index (κ3) is 4.59. The number of morpholine rings is 1. The quantitative estimate of drug-likeness (QED) is 0.783. The summed E-state index contributed by atoms with van der Waals surface area (Å²) in [7, 11) is 0. The van der Waals surface area contributed by atoms with Crippen molar-refractivity contribution in [2.45, 2.75) is 18.9 Å². The summed E-state index contributed by atoms with van der Waals surface area (Å²) in [6.45, 7) is 3.65. The molecule has 4 rings (SSSR count). The molecule has 0 aliphatic carbocycles. The van der Waals surface area contributed by atoms with Gasteiger partial charge < -0.3 is 19.3 Å². The number of carbonyl (C=O) groups is 2. The van der Waals surface area contributed by atoms with Crippen molar-refractivity contribution in [2.24, 2.45) is 0 Å². The van der Waals surface area contributed by atoms with Gasteiger partial charge in [0.25, 0.3) is 11.8 Å². The number of hydrogen-bond donors (Lipinski definition) is 0. The monoisotopic (exact) mass is 394 g/mol. The van der Waals surface area contributed by atoms with Gasteiger partial charge in [-0.25, -0.2) is 0 Å². The van der Waals surface area contributed by atoms with Crippen molar-refractivity contribution >= 4 is 11.8 Å². The van der Waals surface area contributed by atoms with Crippen LogP contribution in [0.25, 0.3) is 0 Å². The van der Waals surface area contributed by atoms with E-state index < -0.39 is 0 Å². The third-order valence-electron chi connectivity index (χ3n) is 5.50. The van der Waals surface area contributed by atoms with Crippen LogP contribution in [0.2, 0.25) is 0 Å². The largest absolute Gasteiger partial charge is 0.491 e. The van der Waals surface area contributed by atoms with Gasteiger partial charge in [-0.2, -0.15) is 0 Å². The van der Waals surface area contributed by atoms with Crippen molar-refractivity contribution in [1.82, 2.24) is 9.80 Å². The lowest BCUT2D eigenvalue weighted by Gasteiger charge is -2.27. The van der Waals surface area contributed by atoms with E-state index in [1.807, 2.05) is 52.3 Å². The maximum absolute atomic E-state index is 12.8. The SMILES string of the molecule is O=C(c1ccc(OC[C@@H]2CCCN2C(=O)c2ccccc2)cc1)N1CCOCC1. The van der Waals surface area contributed by atoms with Gasteiger partial charge in [-0.3, -0.25) is 9.59 Å². The molecule has 29 heavy (non-hydrogen) atoms. The molecule has 0 N–H and O–H groups in total. The maximum Gasteiger partial charge on any atom is 0.254 e. The Morgan fingerprint density at radius 2 is 1.59 bits per heavy atom. The fourth-order valence-corrected chi connectivity index (χ4v) is 3.86. The Kier molecular flexibility index (Phi) is 6.10. The first kappa shape index (κ1) is 19.5. The van der Waals surface area contributed by atoms with Crippen LogP contribution in [0, 0.1) is 0 Å². The number of nitrogens with zero attached hydrogens (tertiary/aromatic N) is 2. The third-order valence-corrected chi connectivity index (χ3v) is 5.50. The van der Waals surface area contributed by atoms with Crippen LogP contribution in [-0.2, 0) is 4.74 Å². The van der Waals surface area contributed by atoms with E-state index in [1.54, 1.807) is 12.1 Å². The van der Waals surface area contributed by atoms with Gasteiger partial charge in [0, 0.05) is 30.8 Å². The molecule has 2 amide bonds. The van der Waals surface area contributed by atoms with E-state index in [4.69, 9.17) is 9.47 Å². The molecule has 152 valence electrons. The molecule has 0 bridgehead atoms. The first-order valence-electron chi connectivity index (χ1n) is 10.2. The molecule has 6 nitrogen and oxygen atoms in total. The molecule has 2 aromatic carbocycles. The molecule has 0 radical (unpaired) electrons. The zero-order chi connectivity index (χ0) is 20.1. The van der Waals surface area contributed by atoms with Gasteiger partial charge >= 0.3 is 0 Å². The summed E-state index contributed by atoms with van der Waals surface area (Å²) in [4.78, 5) is 29.0. The molecule has 2 fully saturated rings. The minimum Gasteiger partial charge on any atom is -0.491 e. The molecule has 2 heterocycles. The van der Waals surface area contributed by atoms with E-state index in [2.05, 4.69) is 0 Å². The number of rotatable bonds is 5. The minimum atomic E-state index is 0.0234. The van der Waals surface area contributed by atoms with Gasteiger partial charge in [0.05, 0.1) is 19.3 Å². The van der Waals surface area contributed by atoms with Crippen LogP contribution in [0.3, 0.4) is 0 Å². The molecule has 2 saturated heterocycles. The Bertz CT molecular complexity index is 832. The molecule has 0 saturated carbocycles. The topological polar surface area (TPSA) is 59.1 Å². The first-order chi connectivity index (χ1) is 14.2. The summed E-state index contributed by atoms with van der Waals surface area (Å²) in [6.07, 6.45) is 1.92. The number of amides is 2. The van der Waals surface area contributed by atoms with Gasteiger partial charge in [0.1, 0.15) is 12.4 Å². The fourth-order valence-electron chi connectivity index (χ4n) is 3.86. The summed E-state index contributed by atoms with van der Waals surface area (Å²) in [6, 6.07) is 16.7. The highest BCUT2D eigenvalue weighted by molar-refractivity contribution is 5.95. The number of ether oxygens (including phenoxy) is 2. The smallest absolute Gasteiger partial charge is 0.254 e.